The van der Waals surface area contributed by atoms with E-state index in [0.717, 1.165) is 51.4 Å². The van der Waals surface area contributed by atoms with Crippen LogP contribution in [0.1, 0.15) is 187 Å². The Morgan fingerprint density at radius 3 is 1.45 bits per heavy atom. The topological polar surface area (TPSA) is 108 Å². The average molecular weight is 747 g/mol. The third-order valence-electron chi connectivity index (χ3n) is 9.05. The van der Waals surface area contributed by atoms with Crippen molar-refractivity contribution < 1.29 is 42.1 Å². The van der Waals surface area contributed by atoms with Crippen LogP contribution in [0, 0.1) is 0 Å². The third kappa shape index (κ3) is 38.3. The Morgan fingerprint density at radius 2 is 1.00 bits per heavy atom. The summed E-state index contributed by atoms with van der Waals surface area (Å²) < 4.78 is 34.2. The highest BCUT2D eigenvalue weighted by atomic mass is 31.2. The molecular formula is C41H81NO8P+. The quantitative estimate of drug-likeness (QED) is 0.0219. The molecule has 0 aromatic heterocycles. The number of hydrogen-bond acceptors (Lipinski definition) is 7. The molecule has 51 heavy (non-hydrogen) atoms. The van der Waals surface area contributed by atoms with Gasteiger partial charge in [0.1, 0.15) is 19.8 Å². The molecule has 0 saturated heterocycles. The van der Waals surface area contributed by atoms with Crippen molar-refractivity contribution in [3.8, 4) is 0 Å². The van der Waals surface area contributed by atoms with Gasteiger partial charge in [-0.2, -0.15) is 0 Å². The summed E-state index contributed by atoms with van der Waals surface area (Å²) in [5, 5.41) is 0. The summed E-state index contributed by atoms with van der Waals surface area (Å²) in [7, 11) is 1.48. The second kappa shape index (κ2) is 34.5. The van der Waals surface area contributed by atoms with E-state index in [9.17, 15) is 19.0 Å². The van der Waals surface area contributed by atoms with Crippen molar-refractivity contribution in [2.75, 3.05) is 47.5 Å². The fourth-order valence-corrected chi connectivity index (χ4v) is 6.46. The molecule has 0 aromatic rings. The largest absolute Gasteiger partial charge is 0.472 e. The standard InChI is InChI=1S/C41H80NO8P/c1-6-8-10-12-14-16-18-20-22-24-26-28-30-32-34-41(44)50-39(38-49-51(45,46)48-36-35-42(3,4)5)37-47-40(43)33-31-29-27-25-23-21-19-17-15-13-11-9-7-2/h18,20,39H,6-17,19,21-38H2,1-5H3/p+1/b20-18+/t39-/m1/s1. The molecule has 0 heterocycles. The normalized spacial score (nSPS) is 13.8. The zero-order chi connectivity index (χ0) is 37.9. The van der Waals surface area contributed by atoms with Gasteiger partial charge in [-0.15, -0.1) is 0 Å². The van der Waals surface area contributed by atoms with Crippen LogP contribution in [-0.2, 0) is 32.7 Å². The molecule has 0 radical (unpaired) electrons. The molecule has 0 saturated carbocycles. The predicted octanol–water partition coefficient (Wildman–Crippen LogP) is 11.4. The Morgan fingerprint density at radius 1 is 0.588 bits per heavy atom. The van der Waals surface area contributed by atoms with Gasteiger partial charge >= 0.3 is 19.8 Å². The van der Waals surface area contributed by atoms with Crippen molar-refractivity contribution >= 4 is 19.8 Å². The van der Waals surface area contributed by atoms with E-state index in [1.165, 1.54) is 103 Å². The maximum absolute atomic E-state index is 12.6. The van der Waals surface area contributed by atoms with Gasteiger partial charge in [0.25, 0.3) is 0 Å². The van der Waals surface area contributed by atoms with Crippen LogP contribution in [0.5, 0.6) is 0 Å². The first-order valence-electron chi connectivity index (χ1n) is 20.9. The lowest BCUT2D eigenvalue weighted by molar-refractivity contribution is -0.870. The minimum atomic E-state index is -4.37. The number of phosphoric ester groups is 1. The van der Waals surface area contributed by atoms with Crippen molar-refractivity contribution in [3.05, 3.63) is 12.2 Å². The predicted molar refractivity (Wildman–Crippen MR) is 211 cm³/mol. The molecule has 0 aromatic carbocycles. The number of esters is 2. The van der Waals surface area contributed by atoms with Crippen LogP contribution in [0.25, 0.3) is 0 Å². The molecule has 0 bridgehead atoms. The minimum Gasteiger partial charge on any atom is -0.462 e. The van der Waals surface area contributed by atoms with Crippen LogP contribution in [0.4, 0.5) is 0 Å². The lowest BCUT2D eigenvalue weighted by Gasteiger charge is -2.24. The highest BCUT2D eigenvalue weighted by Crippen LogP contribution is 2.43. The fourth-order valence-electron chi connectivity index (χ4n) is 5.71. The Bertz CT molecular complexity index is 891. The Labute approximate surface area is 314 Å². The number of phosphoric acid groups is 1. The monoisotopic (exact) mass is 747 g/mol. The van der Waals surface area contributed by atoms with Gasteiger partial charge in [-0.25, -0.2) is 4.57 Å². The van der Waals surface area contributed by atoms with E-state index in [0.29, 0.717) is 23.9 Å². The van der Waals surface area contributed by atoms with Crippen LogP contribution >= 0.6 is 7.82 Å². The molecule has 0 fully saturated rings. The molecule has 9 nitrogen and oxygen atoms in total. The summed E-state index contributed by atoms with van der Waals surface area (Å²) in [6.07, 6.45) is 33.9. The molecule has 0 aliphatic rings. The van der Waals surface area contributed by atoms with Crippen molar-refractivity contribution in [1.29, 1.82) is 0 Å². The zero-order valence-corrected chi connectivity index (χ0v) is 34.7. The van der Waals surface area contributed by atoms with Gasteiger partial charge in [-0.3, -0.25) is 18.6 Å². The van der Waals surface area contributed by atoms with Gasteiger partial charge in [0, 0.05) is 12.8 Å². The van der Waals surface area contributed by atoms with Gasteiger partial charge in [0.05, 0.1) is 27.7 Å². The maximum Gasteiger partial charge on any atom is 0.472 e. The molecule has 1 unspecified atom stereocenters. The van der Waals surface area contributed by atoms with Crippen LogP contribution in [0.15, 0.2) is 12.2 Å². The number of allylic oxidation sites excluding steroid dienone is 2. The summed E-state index contributed by atoms with van der Waals surface area (Å²) in [4.78, 5) is 35.2. The molecule has 2 atom stereocenters. The molecule has 0 rings (SSSR count). The smallest absolute Gasteiger partial charge is 0.462 e. The molecule has 0 amide bonds. The number of nitrogens with zero attached hydrogens (tertiary/aromatic N) is 1. The number of rotatable bonds is 38. The fraction of sp³-hybridized carbons (Fsp3) is 0.902. The lowest BCUT2D eigenvalue weighted by atomic mass is 10.0. The highest BCUT2D eigenvalue weighted by Gasteiger charge is 2.27. The zero-order valence-electron chi connectivity index (χ0n) is 33.9. The van der Waals surface area contributed by atoms with Gasteiger partial charge in [-0.05, 0) is 38.5 Å². The lowest BCUT2D eigenvalue weighted by Crippen LogP contribution is -2.37. The van der Waals surface area contributed by atoms with Gasteiger partial charge < -0.3 is 18.9 Å². The number of carbonyl (C=O) groups excluding carboxylic acids is 2. The first kappa shape index (κ1) is 49.8. The highest BCUT2D eigenvalue weighted by molar-refractivity contribution is 7.47. The number of unbranched alkanes of at least 4 members (excludes halogenated alkanes) is 22. The van der Waals surface area contributed by atoms with Crippen molar-refractivity contribution in [2.24, 2.45) is 0 Å². The Hall–Kier alpha value is -1.25. The van der Waals surface area contributed by atoms with E-state index < -0.39 is 26.5 Å². The SMILES string of the molecule is CCCCCCC/C=C/CCCCCCCC(=O)O[C@H](COC(=O)CCCCCCCCCCCCCCC)COP(=O)(O)OCC[N+](C)(C)C. The first-order valence-corrected chi connectivity index (χ1v) is 22.4. The van der Waals surface area contributed by atoms with Gasteiger partial charge in [-0.1, -0.05) is 148 Å². The molecular weight excluding hydrogens is 665 g/mol. The first-order chi connectivity index (χ1) is 24.5. The Balaban J connectivity index is 4.39. The van der Waals surface area contributed by atoms with E-state index >= 15 is 0 Å². The molecule has 302 valence electrons. The molecule has 0 aliphatic carbocycles. The molecule has 10 heteroatoms. The second-order valence-electron chi connectivity index (χ2n) is 15.4. The summed E-state index contributed by atoms with van der Waals surface area (Å²) in [6, 6.07) is 0. The van der Waals surface area contributed by atoms with E-state index in [4.69, 9.17) is 18.5 Å². The van der Waals surface area contributed by atoms with Crippen molar-refractivity contribution in [2.45, 2.75) is 193 Å². The van der Waals surface area contributed by atoms with Gasteiger partial charge in [0.2, 0.25) is 0 Å². The number of ether oxygens (including phenoxy) is 2. The second-order valence-corrected chi connectivity index (χ2v) is 16.8. The summed E-state index contributed by atoms with van der Waals surface area (Å²) in [5.74, 6) is -0.802. The number of likely N-dealkylation sites (N-methyl/N-ethyl adjacent to an activating group) is 1. The van der Waals surface area contributed by atoms with Crippen molar-refractivity contribution in [1.82, 2.24) is 0 Å². The van der Waals surface area contributed by atoms with Crippen LogP contribution in [-0.4, -0.2) is 74.9 Å². The summed E-state index contributed by atoms with van der Waals surface area (Å²) in [6.45, 7) is 4.41. The van der Waals surface area contributed by atoms with Crippen LogP contribution in [0.3, 0.4) is 0 Å². The minimum absolute atomic E-state index is 0.0330. The van der Waals surface area contributed by atoms with Crippen LogP contribution < -0.4 is 0 Å². The van der Waals surface area contributed by atoms with Crippen LogP contribution in [0.2, 0.25) is 0 Å². The molecule has 1 N–H and O–H groups in total. The van der Waals surface area contributed by atoms with E-state index in [1.807, 2.05) is 21.1 Å². The summed E-state index contributed by atoms with van der Waals surface area (Å²) >= 11 is 0. The van der Waals surface area contributed by atoms with E-state index in [2.05, 4.69) is 26.0 Å². The van der Waals surface area contributed by atoms with E-state index in [-0.39, 0.29) is 25.6 Å². The average Bonchev–Trinajstić information content (AvgIpc) is 3.07. The number of carbonyl (C=O) groups is 2. The van der Waals surface area contributed by atoms with Crippen molar-refractivity contribution in [3.63, 3.8) is 0 Å². The number of quaternary nitrogens is 1. The third-order valence-corrected chi connectivity index (χ3v) is 10.0. The maximum atomic E-state index is 12.6. The van der Waals surface area contributed by atoms with E-state index in [1.54, 1.807) is 0 Å². The molecule has 0 spiro atoms. The molecule has 0 aliphatic heterocycles. The van der Waals surface area contributed by atoms with Gasteiger partial charge in [0.15, 0.2) is 6.10 Å². The number of hydrogen-bond donors (Lipinski definition) is 1. The summed E-state index contributed by atoms with van der Waals surface area (Å²) in [5.41, 5.74) is 0. The Kier molecular flexibility index (Phi) is 33.7.